The fourth-order valence-electron chi connectivity index (χ4n) is 2.78. The smallest absolute Gasteiger partial charge is 0.244 e. The first-order valence-corrected chi connectivity index (χ1v) is 10.2. The van der Waals surface area contributed by atoms with E-state index in [1.807, 2.05) is 19.9 Å². The molecule has 0 aliphatic heterocycles. The Kier molecular flexibility index (Phi) is 6.61. The summed E-state index contributed by atoms with van der Waals surface area (Å²) in [5, 5.41) is 6.58. The van der Waals surface area contributed by atoms with E-state index in [2.05, 4.69) is 14.9 Å². The number of nitrogens with zero attached hydrogens (tertiary/aromatic N) is 2. The van der Waals surface area contributed by atoms with E-state index in [0.29, 0.717) is 22.8 Å². The molecule has 0 aliphatic rings. The number of aromatic nitrogens is 2. The Bertz CT molecular complexity index is 886. The maximum Gasteiger partial charge on any atom is 0.244 e. The molecule has 0 saturated heterocycles. The number of nitrogens with one attached hydrogen (secondary N) is 2. The molecule has 0 atom stereocenters. The number of carbonyl (C=O) groups excluding carboxylic acids is 1. The topological polar surface area (TPSA) is 104 Å². The number of carbonyl (C=O) groups is 1. The first-order chi connectivity index (χ1) is 12.6. The summed E-state index contributed by atoms with van der Waals surface area (Å²) < 4.78 is 33.4. The Morgan fingerprint density at radius 3 is 2.52 bits per heavy atom. The molecule has 2 rings (SSSR count). The van der Waals surface area contributed by atoms with Gasteiger partial charge in [-0.1, -0.05) is 12.1 Å². The molecule has 1 aromatic heterocycles. The number of hydrogen-bond donors (Lipinski definition) is 2. The van der Waals surface area contributed by atoms with Crippen molar-refractivity contribution >= 4 is 21.6 Å². The zero-order valence-corrected chi connectivity index (χ0v) is 17.1. The molecule has 2 aromatic rings. The van der Waals surface area contributed by atoms with Crippen LogP contribution in [0.25, 0.3) is 0 Å². The van der Waals surface area contributed by atoms with Gasteiger partial charge in [-0.2, -0.15) is 5.10 Å². The average Bonchev–Trinajstić information content (AvgIpc) is 2.91. The van der Waals surface area contributed by atoms with Crippen LogP contribution in [0.3, 0.4) is 0 Å². The van der Waals surface area contributed by atoms with E-state index >= 15 is 0 Å². The maximum absolute atomic E-state index is 12.5. The largest absolute Gasteiger partial charge is 0.489 e. The molecule has 0 aliphatic carbocycles. The average molecular weight is 394 g/mol. The van der Waals surface area contributed by atoms with Gasteiger partial charge in [0.2, 0.25) is 15.9 Å². The van der Waals surface area contributed by atoms with Crippen LogP contribution in [0, 0.1) is 13.8 Å². The minimum Gasteiger partial charge on any atom is -0.489 e. The van der Waals surface area contributed by atoms with E-state index in [1.54, 1.807) is 32.0 Å². The van der Waals surface area contributed by atoms with Gasteiger partial charge in [0.1, 0.15) is 10.6 Å². The maximum atomic E-state index is 12.5. The van der Waals surface area contributed by atoms with Gasteiger partial charge in [-0.3, -0.25) is 9.89 Å². The number of para-hydroxylation sites is 2. The van der Waals surface area contributed by atoms with Crippen LogP contribution in [0.4, 0.5) is 5.69 Å². The molecule has 148 valence electrons. The highest BCUT2D eigenvalue weighted by Gasteiger charge is 2.23. The number of H-pyrrole nitrogens is 1. The second kappa shape index (κ2) is 8.53. The molecule has 0 bridgehead atoms. The Morgan fingerprint density at radius 1 is 1.30 bits per heavy atom. The van der Waals surface area contributed by atoms with Crippen molar-refractivity contribution < 1.29 is 17.9 Å². The lowest BCUT2D eigenvalue weighted by Crippen LogP contribution is -2.38. The second-order valence-electron chi connectivity index (χ2n) is 6.47. The van der Waals surface area contributed by atoms with Crippen LogP contribution in [-0.4, -0.2) is 43.7 Å². The van der Waals surface area contributed by atoms with Crippen LogP contribution in [-0.2, 0) is 14.8 Å². The van der Waals surface area contributed by atoms with Gasteiger partial charge in [0.25, 0.3) is 0 Å². The highest BCUT2D eigenvalue weighted by molar-refractivity contribution is 7.89. The Balaban J connectivity index is 2.16. The summed E-state index contributed by atoms with van der Waals surface area (Å²) in [5.41, 5.74) is 1.48. The monoisotopic (exact) mass is 394 g/mol. The van der Waals surface area contributed by atoms with Gasteiger partial charge in [-0.15, -0.1) is 0 Å². The zero-order valence-electron chi connectivity index (χ0n) is 16.2. The molecular formula is C18H26N4O4S. The molecule has 0 spiro atoms. The minimum atomic E-state index is -3.72. The van der Waals surface area contributed by atoms with E-state index in [-0.39, 0.29) is 30.0 Å². The molecule has 1 heterocycles. The minimum absolute atomic E-state index is 0.0505. The lowest BCUT2D eigenvalue weighted by molar-refractivity contribution is -0.116. The van der Waals surface area contributed by atoms with E-state index in [4.69, 9.17) is 4.74 Å². The van der Waals surface area contributed by atoms with Crippen molar-refractivity contribution in [2.24, 2.45) is 0 Å². The quantitative estimate of drug-likeness (QED) is 0.714. The Labute approximate surface area is 160 Å². The lowest BCUT2D eigenvalue weighted by atomic mass is 10.2. The van der Waals surface area contributed by atoms with Crippen molar-refractivity contribution in [2.45, 2.75) is 45.6 Å². The van der Waals surface area contributed by atoms with Crippen LogP contribution >= 0.6 is 0 Å². The number of aromatic amines is 1. The Hall–Kier alpha value is -2.39. The highest BCUT2D eigenvalue weighted by Crippen LogP contribution is 2.29. The van der Waals surface area contributed by atoms with Crippen LogP contribution in [0.2, 0.25) is 0 Å². The third-order valence-corrected chi connectivity index (χ3v) is 5.58. The number of hydrogen-bond acceptors (Lipinski definition) is 5. The molecule has 27 heavy (non-hydrogen) atoms. The van der Waals surface area contributed by atoms with Crippen molar-refractivity contribution in [1.29, 1.82) is 0 Å². The lowest BCUT2D eigenvalue weighted by Gasteiger charge is -2.24. The van der Waals surface area contributed by atoms with E-state index < -0.39 is 10.0 Å². The van der Waals surface area contributed by atoms with Gasteiger partial charge in [0.15, 0.2) is 0 Å². The molecule has 1 aromatic carbocycles. The summed E-state index contributed by atoms with van der Waals surface area (Å²) in [6.45, 7) is 8.74. The fraction of sp³-hybridized carbons (Fsp3) is 0.444. The molecular weight excluding hydrogens is 368 g/mol. The molecule has 0 unspecified atom stereocenters. The molecule has 1 amide bonds. The van der Waals surface area contributed by atoms with Gasteiger partial charge in [-0.05, 0) is 39.8 Å². The van der Waals surface area contributed by atoms with Crippen molar-refractivity contribution in [2.75, 3.05) is 18.0 Å². The standard InChI is InChI=1S/C18H26N4O4S/c1-12(2)26-17-9-7-6-8-16(17)22(15(5)23)11-10-19-27(24,25)18-13(3)20-21-14(18)4/h6-9,12,19H,10-11H2,1-5H3,(H,20,21). The van der Waals surface area contributed by atoms with Crippen molar-refractivity contribution in [3.63, 3.8) is 0 Å². The van der Waals surface area contributed by atoms with E-state index in [9.17, 15) is 13.2 Å². The van der Waals surface area contributed by atoms with E-state index in [1.165, 1.54) is 11.8 Å². The van der Waals surface area contributed by atoms with Crippen LogP contribution in [0.15, 0.2) is 29.2 Å². The molecule has 8 nitrogen and oxygen atoms in total. The first kappa shape index (κ1) is 20.9. The van der Waals surface area contributed by atoms with Crippen LogP contribution < -0.4 is 14.4 Å². The number of rotatable bonds is 8. The Morgan fingerprint density at radius 2 is 1.96 bits per heavy atom. The fourth-order valence-corrected chi connectivity index (χ4v) is 4.17. The van der Waals surface area contributed by atoms with Crippen LogP contribution in [0.5, 0.6) is 5.75 Å². The van der Waals surface area contributed by atoms with E-state index in [0.717, 1.165) is 0 Å². The number of anilines is 1. The number of aryl methyl sites for hydroxylation is 2. The molecule has 0 radical (unpaired) electrons. The number of amides is 1. The predicted octanol–water partition coefficient (Wildman–Crippen LogP) is 2.15. The molecule has 9 heteroatoms. The predicted molar refractivity (Wildman–Crippen MR) is 103 cm³/mol. The number of benzene rings is 1. The summed E-state index contributed by atoms with van der Waals surface area (Å²) in [6.07, 6.45) is -0.0505. The third kappa shape index (κ3) is 5.08. The molecule has 0 fully saturated rings. The van der Waals surface area contributed by atoms with Gasteiger partial charge >= 0.3 is 0 Å². The summed E-state index contributed by atoms with van der Waals surface area (Å²) >= 11 is 0. The summed E-state index contributed by atoms with van der Waals surface area (Å²) in [6, 6.07) is 7.19. The van der Waals surface area contributed by atoms with Gasteiger partial charge in [0.05, 0.1) is 23.2 Å². The summed E-state index contributed by atoms with van der Waals surface area (Å²) in [4.78, 5) is 13.8. The van der Waals surface area contributed by atoms with Crippen LogP contribution in [0.1, 0.15) is 32.2 Å². The summed E-state index contributed by atoms with van der Waals surface area (Å²) in [7, 11) is -3.72. The molecule has 2 N–H and O–H groups in total. The van der Waals surface area contributed by atoms with Crippen molar-refractivity contribution in [3.8, 4) is 5.75 Å². The zero-order chi connectivity index (χ0) is 20.2. The van der Waals surface area contributed by atoms with Gasteiger partial charge in [0, 0.05) is 20.0 Å². The van der Waals surface area contributed by atoms with Crippen molar-refractivity contribution in [3.05, 3.63) is 35.7 Å². The van der Waals surface area contributed by atoms with Gasteiger partial charge in [-0.25, -0.2) is 13.1 Å². The van der Waals surface area contributed by atoms with Gasteiger partial charge < -0.3 is 9.64 Å². The first-order valence-electron chi connectivity index (χ1n) is 8.68. The number of sulfonamides is 1. The number of ether oxygens (including phenoxy) is 1. The third-order valence-electron chi connectivity index (χ3n) is 3.86. The second-order valence-corrected chi connectivity index (χ2v) is 8.17. The summed E-state index contributed by atoms with van der Waals surface area (Å²) in [5.74, 6) is 0.372. The SMILES string of the molecule is CC(=O)N(CCNS(=O)(=O)c1c(C)n[nH]c1C)c1ccccc1OC(C)C. The molecule has 0 saturated carbocycles. The normalized spacial score (nSPS) is 11.6. The van der Waals surface area contributed by atoms with Crippen molar-refractivity contribution in [1.82, 2.24) is 14.9 Å². The highest BCUT2D eigenvalue weighted by atomic mass is 32.2.